The van der Waals surface area contributed by atoms with Gasteiger partial charge in [-0.2, -0.15) is 11.8 Å². The lowest BCUT2D eigenvalue weighted by Crippen LogP contribution is -2.01. The average molecular weight is 399 g/mol. The molecule has 0 bridgehead atoms. The van der Waals surface area contributed by atoms with Crippen molar-refractivity contribution in [2.75, 3.05) is 11.5 Å². The van der Waals surface area contributed by atoms with E-state index in [1.54, 1.807) is 19.1 Å². The third kappa shape index (κ3) is 4.01. The molecular formula is C20H21N3O4S. The van der Waals surface area contributed by atoms with E-state index in [1.807, 2.05) is 36.0 Å². The van der Waals surface area contributed by atoms with Crippen LogP contribution in [0.25, 0.3) is 21.8 Å². The van der Waals surface area contributed by atoms with E-state index in [4.69, 9.17) is 4.84 Å². The number of nitro groups is 1. The van der Waals surface area contributed by atoms with Gasteiger partial charge in [0.25, 0.3) is 5.69 Å². The molecule has 0 atom stereocenters. The second-order valence-corrected chi connectivity index (χ2v) is 7.69. The predicted molar refractivity (Wildman–Crippen MR) is 113 cm³/mol. The van der Waals surface area contributed by atoms with Crippen molar-refractivity contribution < 1.29 is 14.6 Å². The van der Waals surface area contributed by atoms with Crippen molar-refractivity contribution in [3.63, 3.8) is 0 Å². The maximum Gasteiger partial charge on any atom is 0.331 e. The molecular weight excluding hydrogens is 378 g/mol. The highest BCUT2D eigenvalue weighted by Crippen LogP contribution is 2.33. The highest BCUT2D eigenvalue weighted by atomic mass is 32.2. The molecule has 0 fully saturated rings. The fourth-order valence-corrected chi connectivity index (χ4v) is 3.76. The van der Waals surface area contributed by atoms with Gasteiger partial charge >= 0.3 is 5.97 Å². The number of oxime groups is 1. The molecule has 28 heavy (non-hydrogen) atoms. The number of nitro benzene ring substituents is 1. The summed E-state index contributed by atoms with van der Waals surface area (Å²) in [5.41, 5.74) is 3.39. The second kappa shape index (κ2) is 8.43. The summed E-state index contributed by atoms with van der Waals surface area (Å²) in [6, 6.07) is 10.8. The van der Waals surface area contributed by atoms with Crippen LogP contribution in [0.2, 0.25) is 0 Å². The molecule has 2 aromatic carbocycles. The first-order chi connectivity index (χ1) is 13.4. The maximum atomic E-state index is 11.3. The fraction of sp³-hybridized carbons (Fsp3) is 0.300. The molecule has 8 heteroatoms. The van der Waals surface area contributed by atoms with E-state index < -0.39 is 5.97 Å². The lowest BCUT2D eigenvalue weighted by atomic mass is 10.1. The van der Waals surface area contributed by atoms with Gasteiger partial charge in [-0.15, -0.1) is 0 Å². The summed E-state index contributed by atoms with van der Waals surface area (Å²) in [5, 5.41) is 16.8. The monoisotopic (exact) mass is 399 g/mol. The normalized spacial score (nSPS) is 11.9. The Morgan fingerprint density at radius 2 is 1.86 bits per heavy atom. The van der Waals surface area contributed by atoms with Crippen LogP contribution in [0.5, 0.6) is 0 Å². The van der Waals surface area contributed by atoms with Crippen LogP contribution in [0.3, 0.4) is 0 Å². The third-order valence-electron chi connectivity index (χ3n) is 4.45. The van der Waals surface area contributed by atoms with Crippen LogP contribution >= 0.6 is 11.8 Å². The van der Waals surface area contributed by atoms with Gasteiger partial charge in [-0.1, -0.05) is 18.1 Å². The number of hydrogen-bond acceptors (Lipinski definition) is 6. The Morgan fingerprint density at radius 3 is 2.50 bits per heavy atom. The van der Waals surface area contributed by atoms with Crippen LogP contribution in [0.15, 0.2) is 41.6 Å². The van der Waals surface area contributed by atoms with Crippen molar-refractivity contribution in [3.05, 3.63) is 52.1 Å². The number of benzene rings is 2. The first-order valence-corrected chi connectivity index (χ1v) is 10.1. The Balaban J connectivity index is 2.18. The van der Waals surface area contributed by atoms with Crippen LogP contribution in [-0.4, -0.2) is 32.7 Å². The second-order valence-electron chi connectivity index (χ2n) is 6.30. The molecule has 146 valence electrons. The number of fused-ring (bicyclic) bond motifs is 3. The molecule has 0 aliphatic heterocycles. The minimum atomic E-state index is -0.485. The molecule has 0 saturated heterocycles. The number of carbonyl (C=O) groups excluding carboxylic acids is 1. The highest BCUT2D eigenvalue weighted by molar-refractivity contribution is 7.99. The van der Waals surface area contributed by atoms with Gasteiger partial charge in [0.2, 0.25) is 0 Å². The molecule has 0 amide bonds. The van der Waals surface area contributed by atoms with E-state index in [9.17, 15) is 14.9 Å². The molecule has 0 aliphatic carbocycles. The van der Waals surface area contributed by atoms with Crippen LogP contribution < -0.4 is 0 Å². The summed E-state index contributed by atoms with van der Waals surface area (Å²) in [5.74, 6) is 1.51. The predicted octanol–water partition coefficient (Wildman–Crippen LogP) is 4.74. The van der Waals surface area contributed by atoms with Gasteiger partial charge in [0.05, 0.1) is 10.6 Å². The summed E-state index contributed by atoms with van der Waals surface area (Å²) < 4.78 is 2.19. The molecule has 3 aromatic rings. The number of nitrogens with zero attached hydrogens (tertiary/aromatic N) is 3. The Labute approximate surface area is 166 Å². The summed E-state index contributed by atoms with van der Waals surface area (Å²) >= 11 is 1.85. The quantitative estimate of drug-likeness (QED) is 0.188. The van der Waals surface area contributed by atoms with Gasteiger partial charge in [-0.25, -0.2) is 4.79 Å². The van der Waals surface area contributed by atoms with Crippen molar-refractivity contribution >= 4 is 50.9 Å². The van der Waals surface area contributed by atoms with E-state index in [-0.39, 0.29) is 10.6 Å². The van der Waals surface area contributed by atoms with Crippen molar-refractivity contribution in [3.8, 4) is 0 Å². The Bertz CT molecular complexity index is 1090. The van der Waals surface area contributed by atoms with Gasteiger partial charge in [-0.3, -0.25) is 10.1 Å². The number of aryl methyl sites for hydroxylation is 1. The summed E-state index contributed by atoms with van der Waals surface area (Å²) in [7, 11) is 0. The highest BCUT2D eigenvalue weighted by Gasteiger charge is 2.15. The summed E-state index contributed by atoms with van der Waals surface area (Å²) in [4.78, 5) is 26.6. The van der Waals surface area contributed by atoms with Gasteiger partial charge < -0.3 is 9.40 Å². The number of rotatable bonds is 7. The molecule has 0 spiro atoms. The zero-order valence-electron chi connectivity index (χ0n) is 16.0. The first kappa shape index (κ1) is 19.9. The van der Waals surface area contributed by atoms with Gasteiger partial charge in [0.1, 0.15) is 0 Å². The van der Waals surface area contributed by atoms with Crippen LogP contribution in [0.4, 0.5) is 5.69 Å². The molecule has 0 N–H and O–H groups in total. The number of hydrogen-bond donors (Lipinski definition) is 0. The van der Waals surface area contributed by atoms with Crippen LogP contribution in [-0.2, 0) is 16.2 Å². The van der Waals surface area contributed by atoms with E-state index in [0.29, 0.717) is 5.71 Å². The molecule has 0 unspecified atom stereocenters. The van der Waals surface area contributed by atoms with Gasteiger partial charge in [0.15, 0.2) is 0 Å². The molecule has 0 radical (unpaired) electrons. The lowest BCUT2D eigenvalue weighted by molar-refractivity contribution is -0.384. The number of non-ortho nitro benzene ring substituents is 1. The van der Waals surface area contributed by atoms with Crippen molar-refractivity contribution in [1.82, 2.24) is 4.57 Å². The lowest BCUT2D eigenvalue weighted by Gasteiger charge is -2.07. The van der Waals surface area contributed by atoms with E-state index in [2.05, 4.69) is 16.6 Å². The minimum absolute atomic E-state index is 0.0604. The molecule has 0 aliphatic rings. The van der Waals surface area contributed by atoms with Gasteiger partial charge in [-0.05, 0) is 36.4 Å². The Morgan fingerprint density at radius 1 is 1.18 bits per heavy atom. The minimum Gasteiger partial charge on any atom is -0.340 e. The molecule has 7 nitrogen and oxygen atoms in total. The molecule has 3 rings (SSSR count). The largest absolute Gasteiger partial charge is 0.340 e. The maximum absolute atomic E-state index is 11.3. The van der Waals surface area contributed by atoms with E-state index >= 15 is 0 Å². The number of thioether (sulfide) groups is 1. The standard InChI is InChI=1S/C20H21N3O4S/c1-4-28-10-9-22-19-7-5-15(13(2)21-27-14(3)24)11-17(19)18-12-16(23(25)26)6-8-20(18)22/h5-8,11-12H,4,9-10H2,1-3H3/b21-13+. The Kier molecular flexibility index (Phi) is 5.99. The number of aromatic nitrogens is 1. The van der Waals surface area contributed by atoms with Crippen molar-refractivity contribution in [1.29, 1.82) is 0 Å². The average Bonchev–Trinajstić information content (AvgIpc) is 2.98. The Hall–Kier alpha value is -2.87. The van der Waals surface area contributed by atoms with Crippen LogP contribution in [0, 0.1) is 10.1 Å². The fourth-order valence-electron chi connectivity index (χ4n) is 3.16. The van der Waals surface area contributed by atoms with Crippen molar-refractivity contribution in [2.45, 2.75) is 27.3 Å². The topological polar surface area (TPSA) is 86.7 Å². The van der Waals surface area contributed by atoms with Crippen LogP contribution in [0.1, 0.15) is 26.3 Å². The summed E-state index contributed by atoms with van der Waals surface area (Å²) in [6.07, 6.45) is 0. The van der Waals surface area contributed by atoms with Gasteiger partial charge in [0, 0.05) is 53.2 Å². The number of carbonyl (C=O) groups is 1. The summed E-state index contributed by atoms with van der Waals surface area (Å²) in [6.45, 7) is 5.98. The van der Waals surface area contributed by atoms with E-state index in [0.717, 1.165) is 45.4 Å². The molecule has 0 saturated carbocycles. The zero-order valence-corrected chi connectivity index (χ0v) is 16.8. The van der Waals surface area contributed by atoms with E-state index in [1.165, 1.54) is 6.92 Å². The smallest absolute Gasteiger partial charge is 0.331 e. The van der Waals surface area contributed by atoms with Crippen molar-refractivity contribution in [2.24, 2.45) is 5.16 Å². The molecule has 1 aromatic heterocycles. The third-order valence-corrected chi connectivity index (χ3v) is 5.33. The zero-order chi connectivity index (χ0) is 20.3. The first-order valence-electron chi connectivity index (χ1n) is 8.93. The SMILES string of the molecule is CCSCCn1c2ccc(/C(C)=N/OC(C)=O)cc2c2cc([N+](=O)[O-])ccc21. The molecule has 1 heterocycles.